The summed E-state index contributed by atoms with van der Waals surface area (Å²) in [6.45, 7) is 8.42. The number of hydrogen-bond donors (Lipinski definition) is 0. The fourth-order valence-electron chi connectivity index (χ4n) is 1.17. The SMILES string of the molecule is CC/C=N\c1cc(C(C)C)ncc1C. The second-order valence-electron chi connectivity index (χ2n) is 3.77. The molecule has 0 spiro atoms. The first kappa shape index (κ1) is 10.9. The Hall–Kier alpha value is -1.18. The van der Waals surface area contributed by atoms with E-state index < -0.39 is 0 Å². The van der Waals surface area contributed by atoms with Gasteiger partial charge in [-0.1, -0.05) is 20.8 Å². The Balaban J connectivity index is 3.02. The summed E-state index contributed by atoms with van der Waals surface area (Å²) >= 11 is 0. The second kappa shape index (κ2) is 4.89. The molecule has 0 aliphatic rings. The lowest BCUT2D eigenvalue weighted by Gasteiger charge is -2.06. The third-order valence-electron chi connectivity index (χ3n) is 2.10. The van der Waals surface area contributed by atoms with Crippen molar-refractivity contribution in [3.05, 3.63) is 23.5 Å². The van der Waals surface area contributed by atoms with Gasteiger partial charge in [-0.3, -0.25) is 9.98 Å². The Kier molecular flexibility index (Phi) is 3.81. The van der Waals surface area contributed by atoms with Crippen molar-refractivity contribution in [1.82, 2.24) is 4.98 Å². The monoisotopic (exact) mass is 190 g/mol. The summed E-state index contributed by atoms with van der Waals surface area (Å²) < 4.78 is 0. The molecule has 76 valence electrons. The van der Waals surface area contributed by atoms with Crippen LogP contribution in [0.4, 0.5) is 5.69 Å². The van der Waals surface area contributed by atoms with Crippen LogP contribution in [-0.4, -0.2) is 11.2 Å². The van der Waals surface area contributed by atoms with E-state index in [1.165, 1.54) is 0 Å². The number of aromatic nitrogens is 1. The first-order valence-electron chi connectivity index (χ1n) is 5.14. The second-order valence-corrected chi connectivity index (χ2v) is 3.77. The highest BCUT2D eigenvalue weighted by Gasteiger charge is 2.03. The first-order chi connectivity index (χ1) is 6.65. The topological polar surface area (TPSA) is 25.2 Å². The summed E-state index contributed by atoms with van der Waals surface area (Å²) in [6, 6.07) is 2.08. The van der Waals surface area contributed by atoms with Crippen molar-refractivity contribution in [1.29, 1.82) is 0 Å². The molecule has 0 fully saturated rings. The van der Waals surface area contributed by atoms with E-state index in [-0.39, 0.29) is 0 Å². The Bertz CT molecular complexity index is 327. The summed E-state index contributed by atoms with van der Waals surface area (Å²) in [4.78, 5) is 8.77. The summed E-state index contributed by atoms with van der Waals surface area (Å²) in [5, 5.41) is 0. The van der Waals surface area contributed by atoms with Crippen LogP contribution in [0, 0.1) is 6.92 Å². The van der Waals surface area contributed by atoms with Crippen molar-refractivity contribution in [3.63, 3.8) is 0 Å². The molecule has 0 unspecified atom stereocenters. The zero-order valence-electron chi connectivity index (χ0n) is 9.41. The Labute approximate surface area is 86.1 Å². The van der Waals surface area contributed by atoms with Crippen molar-refractivity contribution < 1.29 is 0 Å². The van der Waals surface area contributed by atoms with Crippen LogP contribution >= 0.6 is 0 Å². The van der Waals surface area contributed by atoms with Crippen LogP contribution in [0.25, 0.3) is 0 Å². The molecule has 0 bridgehead atoms. The van der Waals surface area contributed by atoms with Gasteiger partial charge >= 0.3 is 0 Å². The Morgan fingerprint density at radius 1 is 1.50 bits per heavy atom. The number of aryl methyl sites for hydroxylation is 1. The molecule has 0 aliphatic carbocycles. The highest BCUT2D eigenvalue weighted by atomic mass is 14.8. The zero-order valence-corrected chi connectivity index (χ0v) is 9.41. The van der Waals surface area contributed by atoms with Crippen LogP contribution in [0.2, 0.25) is 0 Å². The largest absolute Gasteiger partial charge is 0.261 e. The predicted molar refractivity (Wildman–Crippen MR) is 61.5 cm³/mol. The molecule has 1 rings (SSSR count). The predicted octanol–water partition coefficient (Wildman–Crippen LogP) is 3.63. The quantitative estimate of drug-likeness (QED) is 0.668. The normalized spacial score (nSPS) is 11.5. The van der Waals surface area contributed by atoms with E-state index in [0.29, 0.717) is 5.92 Å². The van der Waals surface area contributed by atoms with Crippen molar-refractivity contribution in [2.45, 2.75) is 40.0 Å². The lowest BCUT2D eigenvalue weighted by atomic mass is 10.1. The Morgan fingerprint density at radius 2 is 2.21 bits per heavy atom. The molecule has 14 heavy (non-hydrogen) atoms. The van der Waals surface area contributed by atoms with E-state index in [9.17, 15) is 0 Å². The summed E-state index contributed by atoms with van der Waals surface area (Å²) in [6.07, 6.45) is 4.81. The minimum atomic E-state index is 0.464. The van der Waals surface area contributed by atoms with Crippen molar-refractivity contribution in [2.75, 3.05) is 0 Å². The molecule has 0 atom stereocenters. The fourth-order valence-corrected chi connectivity index (χ4v) is 1.17. The molecule has 2 heteroatoms. The third-order valence-corrected chi connectivity index (χ3v) is 2.10. The number of aliphatic imine (C=N–C) groups is 1. The molecule has 0 amide bonds. The maximum atomic E-state index is 4.40. The lowest BCUT2D eigenvalue weighted by Crippen LogP contribution is -1.92. The molecule has 0 saturated carbocycles. The van der Waals surface area contributed by atoms with E-state index >= 15 is 0 Å². The van der Waals surface area contributed by atoms with Gasteiger partial charge in [-0.05, 0) is 30.9 Å². The molecule has 1 heterocycles. The van der Waals surface area contributed by atoms with Crippen LogP contribution in [-0.2, 0) is 0 Å². The molecule has 0 radical (unpaired) electrons. The van der Waals surface area contributed by atoms with Gasteiger partial charge < -0.3 is 0 Å². The average molecular weight is 190 g/mol. The highest BCUT2D eigenvalue weighted by Crippen LogP contribution is 2.21. The van der Waals surface area contributed by atoms with E-state index in [2.05, 4.69) is 36.8 Å². The molecule has 0 aromatic carbocycles. The van der Waals surface area contributed by atoms with Gasteiger partial charge in [0.25, 0.3) is 0 Å². The van der Waals surface area contributed by atoms with Gasteiger partial charge in [-0.15, -0.1) is 0 Å². The standard InChI is InChI=1S/C12H18N2/c1-5-6-13-12-7-11(9(2)3)14-8-10(12)4/h6-9H,5H2,1-4H3/b13-6-. The van der Waals surface area contributed by atoms with Crippen LogP contribution < -0.4 is 0 Å². The van der Waals surface area contributed by atoms with Gasteiger partial charge in [0.1, 0.15) is 0 Å². The number of rotatable bonds is 3. The molecule has 1 aromatic heterocycles. The van der Waals surface area contributed by atoms with Gasteiger partial charge in [0, 0.05) is 18.1 Å². The van der Waals surface area contributed by atoms with Crippen molar-refractivity contribution >= 4 is 11.9 Å². The van der Waals surface area contributed by atoms with Gasteiger partial charge in [0.05, 0.1) is 5.69 Å². The van der Waals surface area contributed by atoms with Crippen molar-refractivity contribution in [3.8, 4) is 0 Å². The molecule has 2 nitrogen and oxygen atoms in total. The van der Waals surface area contributed by atoms with Crippen LogP contribution in [0.5, 0.6) is 0 Å². The van der Waals surface area contributed by atoms with Gasteiger partial charge in [-0.2, -0.15) is 0 Å². The third kappa shape index (κ3) is 2.66. The molecule has 0 N–H and O–H groups in total. The summed E-state index contributed by atoms with van der Waals surface area (Å²) in [7, 11) is 0. The van der Waals surface area contributed by atoms with Crippen LogP contribution in [0.15, 0.2) is 17.3 Å². The summed E-state index contributed by atoms with van der Waals surface area (Å²) in [5.74, 6) is 0.464. The lowest BCUT2D eigenvalue weighted by molar-refractivity contribution is 0.821. The molecule has 1 aromatic rings. The average Bonchev–Trinajstić information content (AvgIpc) is 2.16. The first-order valence-corrected chi connectivity index (χ1v) is 5.14. The van der Waals surface area contributed by atoms with Crippen molar-refractivity contribution in [2.24, 2.45) is 4.99 Å². The number of hydrogen-bond acceptors (Lipinski definition) is 2. The van der Waals surface area contributed by atoms with Gasteiger partial charge in [0.2, 0.25) is 0 Å². The minimum absolute atomic E-state index is 0.464. The van der Waals surface area contributed by atoms with E-state index in [4.69, 9.17) is 0 Å². The zero-order chi connectivity index (χ0) is 10.6. The van der Waals surface area contributed by atoms with Gasteiger partial charge in [0.15, 0.2) is 0 Å². The number of pyridine rings is 1. The van der Waals surface area contributed by atoms with E-state index in [1.807, 2.05) is 19.3 Å². The van der Waals surface area contributed by atoms with E-state index in [0.717, 1.165) is 23.4 Å². The Morgan fingerprint density at radius 3 is 2.79 bits per heavy atom. The van der Waals surface area contributed by atoms with E-state index in [1.54, 1.807) is 0 Å². The minimum Gasteiger partial charge on any atom is -0.261 e. The number of nitrogens with zero attached hydrogens (tertiary/aromatic N) is 2. The highest BCUT2D eigenvalue weighted by molar-refractivity contribution is 5.64. The van der Waals surface area contributed by atoms with Crippen LogP contribution in [0.1, 0.15) is 44.4 Å². The van der Waals surface area contributed by atoms with Gasteiger partial charge in [-0.25, -0.2) is 0 Å². The molecule has 0 saturated heterocycles. The maximum absolute atomic E-state index is 4.40. The molecular weight excluding hydrogens is 172 g/mol. The smallest absolute Gasteiger partial charge is 0.0688 e. The summed E-state index contributed by atoms with van der Waals surface area (Å²) in [5.41, 5.74) is 3.29. The fraction of sp³-hybridized carbons (Fsp3) is 0.500. The molecule has 0 aliphatic heterocycles. The van der Waals surface area contributed by atoms with Crippen LogP contribution in [0.3, 0.4) is 0 Å². The maximum Gasteiger partial charge on any atom is 0.0688 e. The molecular formula is C12H18N2.